The van der Waals surface area contributed by atoms with E-state index in [1.165, 1.54) is 17.6 Å². The zero-order valence-corrected chi connectivity index (χ0v) is 12.2. The second kappa shape index (κ2) is 6.53. The lowest BCUT2D eigenvalue weighted by Crippen LogP contribution is -2.36. The second-order valence-electron chi connectivity index (χ2n) is 3.64. The van der Waals surface area contributed by atoms with Gasteiger partial charge in [0.05, 0.1) is 28.0 Å². The number of carbonyl (C=O) groups is 2. The number of carbonyl (C=O) groups excluding carboxylic acids is 2. The van der Waals surface area contributed by atoms with Gasteiger partial charge < -0.3 is 15.1 Å². The summed E-state index contributed by atoms with van der Waals surface area (Å²) in [6, 6.07) is 7.00. The lowest BCUT2D eigenvalue weighted by molar-refractivity contribution is -0.120. The van der Waals surface area contributed by atoms with Crippen molar-refractivity contribution in [2.45, 2.75) is 6.54 Å². The maximum Gasteiger partial charge on any atom is 0.261 e. The molecule has 2 N–H and O–H groups in total. The zero-order chi connectivity index (χ0) is 13.7. The number of hydrogen-bond donors (Lipinski definition) is 2. The van der Waals surface area contributed by atoms with E-state index in [1.54, 1.807) is 24.3 Å². The first-order chi connectivity index (χ1) is 9.15. The minimum absolute atomic E-state index is 0.0605. The minimum Gasteiger partial charge on any atom is -0.467 e. The Morgan fingerprint density at radius 2 is 2.11 bits per heavy atom. The lowest BCUT2D eigenvalue weighted by atomic mass is 10.4. The number of amides is 2. The van der Waals surface area contributed by atoms with Crippen molar-refractivity contribution >= 4 is 39.1 Å². The number of rotatable bonds is 5. The molecule has 19 heavy (non-hydrogen) atoms. The van der Waals surface area contributed by atoms with Gasteiger partial charge in [0.1, 0.15) is 5.76 Å². The van der Waals surface area contributed by atoms with Gasteiger partial charge in [0.25, 0.3) is 5.91 Å². The van der Waals surface area contributed by atoms with Crippen molar-refractivity contribution in [3.8, 4) is 0 Å². The quantitative estimate of drug-likeness (QED) is 0.874. The molecule has 0 aliphatic rings. The van der Waals surface area contributed by atoms with Gasteiger partial charge in [-0.3, -0.25) is 9.59 Å². The van der Waals surface area contributed by atoms with E-state index in [0.717, 1.165) is 3.79 Å². The topological polar surface area (TPSA) is 71.3 Å². The van der Waals surface area contributed by atoms with Crippen molar-refractivity contribution < 1.29 is 14.0 Å². The Kier molecular flexibility index (Phi) is 4.75. The highest BCUT2D eigenvalue weighted by atomic mass is 79.9. The van der Waals surface area contributed by atoms with Crippen LogP contribution in [0.2, 0.25) is 0 Å². The molecule has 0 radical (unpaired) electrons. The summed E-state index contributed by atoms with van der Waals surface area (Å²) in [4.78, 5) is 23.7. The molecule has 5 nitrogen and oxygen atoms in total. The first-order valence-electron chi connectivity index (χ1n) is 5.48. The summed E-state index contributed by atoms with van der Waals surface area (Å²) in [6.07, 6.45) is 1.54. The van der Waals surface area contributed by atoms with E-state index in [0.29, 0.717) is 17.2 Å². The van der Waals surface area contributed by atoms with Crippen LogP contribution in [-0.2, 0) is 11.3 Å². The normalized spacial score (nSPS) is 10.2. The van der Waals surface area contributed by atoms with Gasteiger partial charge in [0.2, 0.25) is 5.91 Å². The summed E-state index contributed by atoms with van der Waals surface area (Å²) in [5, 5.41) is 5.19. The molecule has 0 fully saturated rings. The summed E-state index contributed by atoms with van der Waals surface area (Å²) in [5.41, 5.74) is 0. The van der Waals surface area contributed by atoms with Crippen LogP contribution in [0.15, 0.2) is 38.7 Å². The van der Waals surface area contributed by atoms with E-state index in [9.17, 15) is 9.59 Å². The molecule has 0 aliphatic heterocycles. The van der Waals surface area contributed by atoms with Gasteiger partial charge in [-0.15, -0.1) is 11.3 Å². The molecule has 0 aliphatic carbocycles. The summed E-state index contributed by atoms with van der Waals surface area (Å²) >= 11 is 4.59. The number of nitrogens with one attached hydrogen (secondary N) is 2. The average molecular weight is 343 g/mol. The summed E-state index contributed by atoms with van der Waals surface area (Å²) in [6.45, 7) is 0.251. The molecule has 2 aromatic rings. The maximum atomic E-state index is 11.7. The molecule has 0 bridgehead atoms. The van der Waals surface area contributed by atoms with Crippen LogP contribution in [0.4, 0.5) is 0 Å². The molecule has 0 atom stereocenters. The molecule has 2 rings (SSSR count). The fourth-order valence-electron chi connectivity index (χ4n) is 1.35. The van der Waals surface area contributed by atoms with Crippen molar-refractivity contribution in [1.82, 2.24) is 10.6 Å². The van der Waals surface area contributed by atoms with Crippen LogP contribution in [-0.4, -0.2) is 18.4 Å². The highest BCUT2D eigenvalue weighted by Crippen LogP contribution is 2.21. The number of hydrogen-bond acceptors (Lipinski definition) is 4. The lowest BCUT2D eigenvalue weighted by Gasteiger charge is -2.04. The monoisotopic (exact) mass is 342 g/mol. The fourth-order valence-corrected chi connectivity index (χ4v) is 2.65. The van der Waals surface area contributed by atoms with E-state index in [4.69, 9.17) is 4.42 Å². The van der Waals surface area contributed by atoms with Crippen molar-refractivity contribution in [3.63, 3.8) is 0 Å². The smallest absolute Gasteiger partial charge is 0.261 e. The third kappa shape index (κ3) is 4.22. The summed E-state index contributed by atoms with van der Waals surface area (Å²) in [5.74, 6) is 0.145. The predicted octanol–water partition coefficient (Wildman–Crippen LogP) is 2.15. The van der Waals surface area contributed by atoms with Gasteiger partial charge in [-0.25, -0.2) is 0 Å². The summed E-state index contributed by atoms with van der Waals surface area (Å²) in [7, 11) is 0. The van der Waals surface area contributed by atoms with Gasteiger partial charge >= 0.3 is 0 Å². The van der Waals surface area contributed by atoms with Gasteiger partial charge in [-0.2, -0.15) is 0 Å². The molecule has 0 saturated heterocycles. The van der Waals surface area contributed by atoms with Gasteiger partial charge in [0, 0.05) is 0 Å². The van der Waals surface area contributed by atoms with Gasteiger partial charge in [-0.1, -0.05) is 0 Å². The molecule has 7 heteroatoms. The molecule has 2 amide bonds. The van der Waals surface area contributed by atoms with Crippen LogP contribution >= 0.6 is 27.3 Å². The Balaban J connectivity index is 1.73. The van der Waals surface area contributed by atoms with Crippen LogP contribution in [0, 0.1) is 0 Å². The van der Waals surface area contributed by atoms with E-state index in [1.807, 2.05) is 0 Å². The SMILES string of the molecule is O=C(CNC(=O)c1ccc(Br)s1)NCc1ccco1. The molecule has 0 spiro atoms. The molecule has 2 aromatic heterocycles. The first-order valence-corrected chi connectivity index (χ1v) is 7.09. The van der Waals surface area contributed by atoms with Crippen LogP contribution in [0.3, 0.4) is 0 Å². The molecule has 100 valence electrons. The zero-order valence-electron chi connectivity index (χ0n) is 9.81. The minimum atomic E-state index is -0.264. The third-order valence-corrected chi connectivity index (χ3v) is 3.87. The van der Waals surface area contributed by atoms with Crippen molar-refractivity contribution in [1.29, 1.82) is 0 Å². The number of thiophene rings is 1. The number of halogens is 1. The fraction of sp³-hybridized carbons (Fsp3) is 0.167. The largest absolute Gasteiger partial charge is 0.467 e. The van der Waals surface area contributed by atoms with Crippen molar-refractivity contribution in [2.24, 2.45) is 0 Å². The van der Waals surface area contributed by atoms with Crippen LogP contribution in [0.1, 0.15) is 15.4 Å². The van der Waals surface area contributed by atoms with E-state index in [-0.39, 0.29) is 18.4 Å². The Morgan fingerprint density at radius 1 is 1.26 bits per heavy atom. The predicted molar refractivity (Wildman–Crippen MR) is 74.9 cm³/mol. The third-order valence-electron chi connectivity index (χ3n) is 2.25. The molecule has 0 saturated carbocycles. The molecule has 2 heterocycles. The Labute approximate surface area is 122 Å². The highest BCUT2D eigenvalue weighted by molar-refractivity contribution is 9.11. The first kappa shape index (κ1) is 13.8. The number of furan rings is 1. The van der Waals surface area contributed by atoms with Crippen LogP contribution in [0.25, 0.3) is 0 Å². The summed E-state index contributed by atoms with van der Waals surface area (Å²) < 4.78 is 5.95. The highest BCUT2D eigenvalue weighted by Gasteiger charge is 2.10. The molecular weight excluding hydrogens is 332 g/mol. The average Bonchev–Trinajstić information content (AvgIpc) is 3.04. The molecular formula is C12H11BrN2O3S. The van der Waals surface area contributed by atoms with Gasteiger partial charge in [-0.05, 0) is 40.2 Å². The van der Waals surface area contributed by atoms with Gasteiger partial charge in [0.15, 0.2) is 0 Å². The maximum absolute atomic E-state index is 11.7. The van der Waals surface area contributed by atoms with E-state index >= 15 is 0 Å². The van der Waals surface area contributed by atoms with Crippen LogP contribution < -0.4 is 10.6 Å². The standard InChI is InChI=1S/C12H11BrN2O3S/c13-10-4-3-9(19-10)12(17)15-7-11(16)14-6-8-2-1-5-18-8/h1-5H,6-7H2,(H,14,16)(H,15,17). The van der Waals surface area contributed by atoms with E-state index < -0.39 is 0 Å². The Hall–Kier alpha value is -1.60. The van der Waals surface area contributed by atoms with Crippen LogP contribution in [0.5, 0.6) is 0 Å². The second-order valence-corrected chi connectivity index (χ2v) is 6.11. The Bertz CT molecular complexity index is 565. The Morgan fingerprint density at radius 3 is 2.74 bits per heavy atom. The van der Waals surface area contributed by atoms with E-state index in [2.05, 4.69) is 26.6 Å². The van der Waals surface area contributed by atoms with Crippen molar-refractivity contribution in [3.05, 3.63) is 45.0 Å². The molecule has 0 unspecified atom stereocenters. The van der Waals surface area contributed by atoms with Crippen molar-refractivity contribution in [2.75, 3.05) is 6.54 Å². The molecule has 0 aromatic carbocycles.